The van der Waals surface area contributed by atoms with Gasteiger partial charge in [-0.05, 0) is 48.2 Å². The zero-order valence-corrected chi connectivity index (χ0v) is 19.0. The smallest absolute Gasteiger partial charge is 0.338 e. The summed E-state index contributed by atoms with van der Waals surface area (Å²) in [6, 6.07) is 11.7. The summed E-state index contributed by atoms with van der Waals surface area (Å²) in [5.41, 5.74) is 2.39. The minimum atomic E-state index is -0.981. The first-order valence-electron chi connectivity index (χ1n) is 8.38. The van der Waals surface area contributed by atoms with E-state index in [1.807, 2.05) is 60.9 Å². The summed E-state index contributed by atoms with van der Waals surface area (Å²) >= 11 is 5.00. The van der Waals surface area contributed by atoms with E-state index in [0.29, 0.717) is 27.7 Å². The Morgan fingerprint density at radius 1 is 1.25 bits per heavy atom. The van der Waals surface area contributed by atoms with Crippen LogP contribution >= 0.6 is 40.1 Å². The van der Waals surface area contributed by atoms with Crippen LogP contribution in [0.3, 0.4) is 0 Å². The molecule has 5 nitrogen and oxygen atoms in total. The van der Waals surface area contributed by atoms with Gasteiger partial charge in [0.1, 0.15) is 5.75 Å². The maximum absolute atomic E-state index is 12.2. The SMILES string of the molecule is CN(C)Cc1c(O)c(Br)cc2c1c(C(=O)O)c(CSc1ccccc1)n2C.Cl. The number of fused-ring (bicyclic) bond motifs is 1. The minimum Gasteiger partial charge on any atom is -0.506 e. The van der Waals surface area contributed by atoms with Gasteiger partial charge in [0.2, 0.25) is 0 Å². The second kappa shape index (κ2) is 9.22. The fourth-order valence-corrected chi connectivity index (χ4v) is 4.66. The Labute approximate surface area is 182 Å². The lowest BCUT2D eigenvalue weighted by molar-refractivity contribution is 0.0698. The molecule has 0 saturated heterocycles. The maximum Gasteiger partial charge on any atom is 0.338 e. The van der Waals surface area contributed by atoms with E-state index in [0.717, 1.165) is 16.1 Å². The number of thioether (sulfide) groups is 1. The highest BCUT2D eigenvalue weighted by molar-refractivity contribution is 9.10. The molecule has 2 N–H and O–H groups in total. The lowest BCUT2D eigenvalue weighted by Gasteiger charge is -2.14. The number of halogens is 2. The molecule has 0 unspecified atom stereocenters. The highest BCUT2D eigenvalue weighted by Crippen LogP contribution is 2.40. The van der Waals surface area contributed by atoms with Gasteiger partial charge >= 0.3 is 5.97 Å². The predicted octanol–water partition coefficient (Wildman–Crippen LogP) is 5.12. The van der Waals surface area contributed by atoms with E-state index in [1.165, 1.54) is 0 Å². The first-order chi connectivity index (χ1) is 12.8. The van der Waals surface area contributed by atoms with Crippen LogP contribution in [0.4, 0.5) is 0 Å². The molecule has 0 fully saturated rings. The molecular weight excluding hydrogens is 464 g/mol. The number of carboxylic acid groups (broad SMARTS) is 1. The summed E-state index contributed by atoms with van der Waals surface area (Å²) in [6.07, 6.45) is 0. The Kier molecular flexibility index (Phi) is 7.45. The van der Waals surface area contributed by atoms with Crippen LogP contribution in [0.5, 0.6) is 5.75 Å². The normalized spacial score (nSPS) is 11.0. The van der Waals surface area contributed by atoms with Crippen molar-refractivity contribution >= 4 is 57.0 Å². The second-order valence-electron chi connectivity index (χ2n) is 6.61. The van der Waals surface area contributed by atoms with Gasteiger partial charge in [-0.2, -0.15) is 0 Å². The lowest BCUT2D eigenvalue weighted by atomic mass is 10.0. The molecule has 0 amide bonds. The molecule has 0 atom stereocenters. The van der Waals surface area contributed by atoms with E-state index >= 15 is 0 Å². The Morgan fingerprint density at radius 3 is 2.46 bits per heavy atom. The molecule has 3 aromatic rings. The molecule has 0 spiro atoms. The summed E-state index contributed by atoms with van der Waals surface area (Å²) in [7, 11) is 5.65. The van der Waals surface area contributed by atoms with E-state index in [1.54, 1.807) is 17.8 Å². The molecule has 1 aromatic heterocycles. The van der Waals surface area contributed by atoms with Crippen molar-refractivity contribution in [3.8, 4) is 5.75 Å². The largest absolute Gasteiger partial charge is 0.506 e. The maximum atomic E-state index is 12.2. The highest BCUT2D eigenvalue weighted by Gasteiger charge is 2.26. The van der Waals surface area contributed by atoms with Crippen molar-refractivity contribution in [2.24, 2.45) is 7.05 Å². The van der Waals surface area contributed by atoms with Gasteiger partial charge in [0.05, 0.1) is 15.6 Å². The molecule has 1 heterocycles. The van der Waals surface area contributed by atoms with Crippen LogP contribution in [0.15, 0.2) is 45.8 Å². The Hall–Kier alpha value is -1.67. The number of phenolic OH excluding ortho intramolecular Hbond substituents is 1. The molecule has 0 radical (unpaired) electrons. The number of aromatic carboxylic acids is 1. The van der Waals surface area contributed by atoms with Crippen LogP contribution in [0.1, 0.15) is 21.6 Å². The average Bonchev–Trinajstić information content (AvgIpc) is 2.90. The Bertz CT molecular complexity index is 1010. The highest BCUT2D eigenvalue weighted by atomic mass is 79.9. The van der Waals surface area contributed by atoms with Gasteiger partial charge in [-0.25, -0.2) is 4.79 Å². The molecule has 8 heteroatoms. The van der Waals surface area contributed by atoms with Crippen LogP contribution in [-0.4, -0.2) is 39.7 Å². The van der Waals surface area contributed by atoms with Gasteiger partial charge in [0.25, 0.3) is 0 Å². The van der Waals surface area contributed by atoms with Crippen molar-refractivity contribution in [3.63, 3.8) is 0 Å². The zero-order chi connectivity index (χ0) is 19.7. The number of hydrogen-bond donors (Lipinski definition) is 2. The number of aromatic nitrogens is 1. The lowest BCUT2D eigenvalue weighted by Crippen LogP contribution is -2.12. The standard InChI is InChI=1S/C20H21BrN2O3S.ClH/c1-22(2)10-13-17-15(9-14(21)19(13)24)23(3)16(18(17)20(25)26)11-27-12-7-5-4-6-8-12;/h4-9,24H,10-11H2,1-3H3,(H,25,26);1H. The van der Waals surface area contributed by atoms with Crippen molar-refractivity contribution in [3.05, 3.63) is 57.7 Å². The van der Waals surface area contributed by atoms with Gasteiger partial charge in [0.15, 0.2) is 0 Å². The third kappa shape index (κ3) is 4.33. The van der Waals surface area contributed by atoms with E-state index in [2.05, 4.69) is 15.9 Å². The number of aromatic hydroxyl groups is 1. The van der Waals surface area contributed by atoms with Crippen molar-refractivity contribution in [1.29, 1.82) is 0 Å². The first-order valence-corrected chi connectivity index (χ1v) is 10.2. The molecular formula is C20H22BrClN2O3S. The van der Waals surface area contributed by atoms with Gasteiger partial charge < -0.3 is 19.7 Å². The molecule has 0 saturated carbocycles. The quantitative estimate of drug-likeness (QED) is 0.474. The second-order valence-corrected chi connectivity index (χ2v) is 8.51. The molecule has 2 aromatic carbocycles. The fraction of sp³-hybridized carbons (Fsp3) is 0.250. The Balaban J connectivity index is 0.00000280. The number of phenols is 1. The molecule has 150 valence electrons. The Morgan fingerprint density at radius 2 is 1.89 bits per heavy atom. The van der Waals surface area contributed by atoms with Gasteiger partial charge in [-0.15, -0.1) is 24.2 Å². The van der Waals surface area contributed by atoms with Crippen LogP contribution in [0.2, 0.25) is 0 Å². The van der Waals surface area contributed by atoms with Crippen molar-refractivity contribution in [2.45, 2.75) is 17.2 Å². The molecule has 0 bridgehead atoms. The van der Waals surface area contributed by atoms with Crippen LogP contribution in [0, 0.1) is 0 Å². The van der Waals surface area contributed by atoms with Crippen molar-refractivity contribution in [2.75, 3.05) is 14.1 Å². The van der Waals surface area contributed by atoms with Gasteiger partial charge in [-0.1, -0.05) is 18.2 Å². The summed E-state index contributed by atoms with van der Waals surface area (Å²) in [5, 5.41) is 21.1. The molecule has 0 aliphatic heterocycles. The summed E-state index contributed by atoms with van der Waals surface area (Å²) in [4.78, 5) is 15.2. The number of rotatable bonds is 6. The molecule has 0 aliphatic carbocycles. The number of benzene rings is 2. The fourth-order valence-electron chi connectivity index (χ4n) is 3.22. The topological polar surface area (TPSA) is 65.7 Å². The number of carboxylic acids is 1. The minimum absolute atomic E-state index is 0. The number of nitrogens with zero attached hydrogens (tertiary/aromatic N) is 2. The predicted molar refractivity (Wildman–Crippen MR) is 120 cm³/mol. The number of aryl methyl sites for hydroxylation is 1. The molecule has 3 rings (SSSR count). The number of carbonyl (C=O) groups is 1. The molecule has 28 heavy (non-hydrogen) atoms. The third-order valence-corrected chi connectivity index (χ3v) is 6.07. The van der Waals surface area contributed by atoms with Gasteiger partial charge in [0, 0.05) is 40.9 Å². The first kappa shape index (κ1) is 22.6. The third-order valence-electron chi connectivity index (χ3n) is 4.45. The van der Waals surface area contributed by atoms with E-state index in [9.17, 15) is 15.0 Å². The van der Waals surface area contributed by atoms with Crippen LogP contribution in [-0.2, 0) is 19.3 Å². The summed E-state index contributed by atoms with van der Waals surface area (Å²) < 4.78 is 2.48. The summed E-state index contributed by atoms with van der Waals surface area (Å²) in [6.45, 7) is 0.442. The van der Waals surface area contributed by atoms with Crippen LogP contribution in [0.25, 0.3) is 10.9 Å². The van der Waals surface area contributed by atoms with E-state index < -0.39 is 5.97 Å². The van der Waals surface area contributed by atoms with Gasteiger partial charge in [-0.3, -0.25) is 0 Å². The van der Waals surface area contributed by atoms with Crippen molar-refractivity contribution < 1.29 is 15.0 Å². The van der Waals surface area contributed by atoms with Crippen LogP contribution < -0.4 is 0 Å². The average molecular weight is 486 g/mol. The zero-order valence-electron chi connectivity index (χ0n) is 15.8. The number of hydrogen-bond acceptors (Lipinski definition) is 4. The van der Waals surface area contributed by atoms with Crippen molar-refractivity contribution in [1.82, 2.24) is 9.47 Å². The summed E-state index contributed by atoms with van der Waals surface area (Å²) in [5.74, 6) is -0.367. The molecule has 0 aliphatic rings. The monoisotopic (exact) mass is 484 g/mol. The van der Waals surface area contributed by atoms with E-state index in [-0.39, 0.29) is 23.7 Å². The van der Waals surface area contributed by atoms with E-state index in [4.69, 9.17) is 0 Å².